The number of aliphatic carboxylic acids is 1. The topological polar surface area (TPSA) is 75.3 Å². The van der Waals surface area contributed by atoms with Crippen LogP contribution in [0.25, 0.3) is 0 Å². The Morgan fingerprint density at radius 1 is 1.89 bits per heavy atom. The lowest BCUT2D eigenvalue weighted by Gasteiger charge is -2.06. The highest BCUT2D eigenvalue weighted by Gasteiger charge is 2.01. The molecule has 0 fully saturated rings. The zero-order valence-corrected chi connectivity index (χ0v) is 5.42. The van der Waals surface area contributed by atoms with Crippen LogP contribution >= 0.6 is 0 Å². The van der Waals surface area contributed by atoms with Crippen LogP contribution in [0.15, 0.2) is 0 Å². The Morgan fingerprint density at radius 3 is 2.78 bits per heavy atom. The van der Waals surface area contributed by atoms with E-state index in [9.17, 15) is 4.79 Å². The molecule has 9 heavy (non-hydrogen) atoms. The number of hydrogen-bond donors (Lipinski definition) is 3. The van der Waals surface area contributed by atoms with Crippen molar-refractivity contribution in [3.05, 3.63) is 0 Å². The molecule has 0 amide bonds. The molecule has 0 rings (SSSR count). The van der Waals surface area contributed by atoms with E-state index in [1.165, 1.54) is 0 Å². The van der Waals surface area contributed by atoms with Crippen molar-refractivity contribution in [2.24, 2.45) is 5.73 Å². The van der Waals surface area contributed by atoms with Crippen LogP contribution in [0.1, 0.15) is 12.8 Å². The van der Waals surface area contributed by atoms with Crippen LogP contribution < -0.4 is 11.1 Å². The highest BCUT2D eigenvalue weighted by atomic mass is 16.4. The van der Waals surface area contributed by atoms with Crippen LogP contribution in [0.3, 0.4) is 0 Å². The molecule has 4 heteroatoms. The van der Waals surface area contributed by atoms with E-state index in [1.54, 1.807) is 7.05 Å². The number of carboxylic acids is 1. The second-order valence-electron chi connectivity index (χ2n) is 1.83. The molecule has 1 atom stereocenters. The molecule has 0 spiro atoms. The molecule has 0 saturated heterocycles. The van der Waals surface area contributed by atoms with Gasteiger partial charge in [0.15, 0.2) is 0 Å². The van der Waals surface area contributed by atoms with Gasteiger partial charge < -0.3 is 16.2 Å². The Balaban J connectivity index is 3.16. The van der Waals surface area contributed by atoms with Gasteiger partial charge in [-0.3, -0.25) is 4.79 Å². The normalized spacial score (nSPS) is 13.1. The number of rotatable bonds is 4. The molecule has 0 saturated carbocycles. The summed E-state index contributed by atoms with van der Waals surface area (Å²) in [6.45, 7) is 0. The predicted octanol–water partition coefficient (Wildman–Crippen LogP) is -0.645. The summed E-state index contributed by atoms with van der Waals surface area (Å²) >= 11 is 0. The van der Waals surface area contributed by atoms with E-state index >= 15 is 0 Å². The third-order valence-electron chi connectivity index (χ3n) is 1.04. The molecule has 0 aliphatic rings. The van der Waals surface area contributed by atoms with Gasteiger partial charge in [-0.15, -0.1) is 0 Å². The van der Waals surface area contributed by atoms with Gasteiger partial charge in [0.25, 0.3) is 0 Å². The average Bonchev–Trinajstić information content (AvgIpc) is 1.83. The van der Waals surface area contributed by atoms with Crippen LogP contribution in [0, 0.1) is 0 Å². The zero-order valence-electron chi connectivity index (χ0n) is 5.42. The number of nitrogens with one attached hydrogen (secondary N) is 1. The van der Waals surface area contributed by atoms with Crippen molar-refractivity contribution in [2.45, 2.75) is 19.0 Å². The Labute approximate surface area is 54.0 Å². The van der Waals surface area contributed by atoms with Gasteiger partial charge in [-0.25, -0.2) is 0 Å². The van der Waals surface area contributed by atoms with Crippen LogP contribution in [0.5, 0.6) is 0 Å². The molecule has 0 aliphatic heterocycles. The van der Waals surface area contributed by atoms with Gasteiger partial charge in [-0.1, -0.05) is 0 Å². The van der Waals surface area contributed by atoms with E-state index in [0.29, 0.717) is 6.42 Å². The molecule has 0 bridgehead atoms. The monoisotopic (exact) mass is 132 g/mol. The van der Waals surface area contributed by atoms with Gasteiger partial charge in [-0.05, 0) is 13.5 Å². The van der Waals surface area contributed by atoms with Crippen molar-refractivity contribution in [1.82, 2.24) is 5.32 Å². The number of carbonyl (C=O) groups is 1. The number of carboxylic acid groups (broad SMARTS) is 1. The van der Waals surface area contributed by atoms with Gasteiger partial charge in [0.2, 0.25) is 0 Å². The Hall–Kier alpha value is -0.610. The van der Waals surface area contributed by atoms with Gasteiger partial charge in [0.1, 0.15) is 0 Å². The maximum atomic E-state index is 9.94. The molecule has 0 aromatic carbocycles. The molecular formula is C5H12N2O2. The summed E-state index contributed by atoms with van der Waals surface area (Å²) in [5, 5.41) is 10.9. The maximum Gasteiger partial charge on any atom is 0.303 e. The number of hydrogen-bond acceptors (Lipinski definition) is 3. The highest BCUT2D eigenvalue weighted by Crippen LogP contribution is 1.89. The maximum absolute atomic E-state index is 9.94. The van der Waals surface area contributed by atoms with Crippen LogP contribution in [0.2, 0.25) is 0 Å². The summed E-state index contributed by atoms with van der Waals surface area (Å²) in [6, 6.07) is 0. The van der Waals surface area contributed by atoms with Crippen molar-refractivity contribution in [1.29, 1.82) is 0 Å². The summed E-state index contributed by atoms with van der Waals surface area (Å²) < 4.78 is 0. The summed E-state index contributed by atoms with van der Waals surface area (Å²) in [6.07, 6.45) is 0.412. The minimum atomic E-state index is -0.805. The van der Waals surface area contributed by atoms with Crippen molar-refractivity contribution in [2.75, 3.05) is 7.05 Å². The van der Waals surface area contributed by atoms with Crippen LogP contribution in [-0.4, -0.2) is 24.3 Å². The van der Waals surface area contributed by atoms with E-state index in [4.69, 9.17) is 10.8 Å². The van der Waals surface area contributed by atoms with E-state index < -0.39 is 5.97 Å². The Kier molecular flexibility index (Phi) is 4.00. The quantitative estimate of drug-likeness (QED) is 0.444. The first-order valence-electron chi connectivity index (χ1n) is 2.81. The first-order chi connectivity index (χ1) is 4.16. The van der Waals surface area contributed by atoms with E-state index in [-0.39, 0.29) is 12.6 Å². The van der Waals surface area contributed by atoms with E-state index in [0.717, 1.165) is 0 Å². The SMILES string of the molecule is CNC(N)CCC(=O)O. The van der Waals surface area contributed by atoms with Gasteiger partial charge in [0, 0.05) is 6.42 Å². The largest absolute Gasteiger partial charge is 0.481 e. The molecule has 0 radical (unpaired) electrons. The molecule has 4 N–H and O–H groups in total. The smallest absolute Gasteiger partial charge is 0.303 e. The van der Waals surface area contributed by atoms with Crippen LogP contribution in [0.4, 0.5) is 0 Å². The number of nitrogens with two attached hydrogens (primary N) is 1. The van der Waals surface area contributed by atoms with Crippen molar-refractivity contribution < 1.29 is 9.90 Å². The molecular weight excluding hydrogens is 120 g/mol. The zero-order chi connectivity index (χ0) is 7.28. The minimum Gasteiger partial charge on any atom is -0.481 e. The standard InChI is InChI=1S/C5H12N2O2/c1-7-4(6)2-3-5(8)9/h4,7H,2-3,6H2,1H3,(H,8,9). The third-order valence-corrected chi connectivity index (χ3v) is 1.04. The predicted molar refractivity (Wildman–Crippen MR) is 33.9 cm³/mol. The summed E-state index contributed by atoms with van der Waals surface area (Å²) in [4.78, 5) is 9.94. The Morgan fingerprint density at radius 2 is 2.44 bits per heavy atom. The van der Waals surface area contributed by atoms with E-state index in [2.05, 4.69) is 5.32 Å². The second-order valence-corrected chi connectivity index (χ2v) is 1.83. The molecule has 0 aromatic heterocycles. The molecule has 0 aromatic rings. The molecule has 0 heterocycles. The summed E-state index contributed by atoms with van der Waals surface area (Å²) in [5.74, 6) is -0.805. The molecule has 1 unspecified atom stereocenters. The van der Waals surface area contributed by atoms with Crippen molar-refractivity contribution >= 4 is 5.97 Å². The van der Waals surface area contributed by atoms with Gasteiger partial charge >= 0.3 is 5.97 Å². The van der Waals surface area contributed by atoms with Gasteiger partial charge in [0.05, 0.1) is 6.17 Å². The first kappa shape index (κ1) is 8.39. The lowest BCUT2D eigenvalue weighted by atomic mass is 10.3. The highest BCUT2D eigenvalue weighted by molar-refractivity contribution is 5.66. The lowest BCUT2D eigenvalue weighted by molar-refractivity contribution is -0.137. The Bertz CT molecular complexity index is 95.0. The minimum absolute atomic E-state index is 0.127. The molecule has 0 aliphatic carbocycles. The van der Waals surface area contributed by atoms with Crippen molar-refractivity contribution in [3.8, 4) is 0 Å². The first-order valence-corrected chi connectivity index (χ1v) is 2.81. The molecule has 4 nitrogen and oxygen atoms in total. The summed E-state index contributed by atoms with van der Waals surface area (Å²) in [7, 11) is 1.70. The fourth-order valence-corrected chi connectivity index (χ4v) is 0.423. The fourth-order valence-electron chi connectivity index (χ4n) is 0.423. The second kappa shape index (κ2) is 4.29. The lowest BCUT2D eigenvalue weighted by Crippen LogP contribution is -2.34. The third kappa shape index (κ3) is 5.26. The molecule has 54 valence electrons. The van der Waals surface area contributed by atoms with Gasteiger partial charge in [-0.2, -0.15) is 0 Å². The fraction of sp³-hybridized carbons (Fsp3) is 0.800. The summed E-state index contributed by atoms with van der Waals surface area (Å²) in [5.41, 5.74) is 5.35. The van der Waals surface area contributed by atoms with E-state index in [1.807, 2.05) is 0 Å². The van der Waals surface area contributed by atoms with Crippen LogP contribution in [-0.2, 0) is 4.79 Å². The average molecular weight is 132 g/mol. The van der Waals surface area contributed by atoms with Crippen molar-refractivity contribution in [3.63, 3.8) is 0 Å².